The van der Waals surface area contributed by atoms with Gasteiger partial charge >= 0.3 is 0 Å². The predicted molar refractivity (Wildman–Crippen MR) is 127 cm³/mol. The van der Waals surface area contributed by atoms with Crippen molar-refractivity contribution in [3.05, 3.63) is 87.8 Å². The Morgan fingerprint density at radius 2 is 1.79 bits per heavy atom. The highest BCUT2D eigenvalue weighted by molar-refractivity contribution is 5.77. The summed E-state index contributed by atoms with van der Waals surface area (Å²) in [4.78, 5) is 30.7. The van der Waals surface area contributed by atoms with Crippen LogP contribution in [0.3, 0.4) is 0 Å². The molecular weight excluding hydrogens is 414 g/mol. The van der Waals surface area contributed by atoms with Gasteiger partial charge in [0, 0.05) is 22.9 Å². The van der Waals surface area contributed by atoms with E-state index in [2.05, 4.69) is 27.5 Å². The molecule has 7 heteroatoms. The molecule has 2 heterocycles. The summed E-state index contributed by atoms with van der Waals surface area (Å²) in [6.07, 6.45) is 4.14. The zero-order valence-corrected chi connectivity index (χ0v) is 18.7. The van der Waals surface area contributed by atoms with Gasteiger partial charge in [-0.25, -0.2) is 0 Å². The standard InChI is InChI=1S/C26H27N5O2/c1-18(15-16-19-9-4-2-5-10-19)27-23(32)17-30-22-14-8-13-21(22)25(33)31-26(30)28-24(29-31)20-11-6-3-7-12-20/h2-7,9-12,18H,8,13-17H2,1H3,(H,27,32). The number of benzene rings is 2. The molecule has 7 nitrogen and oxygen atoms in total. The van der Waals surface area contributed by atoms with E-state index in [4.69, 9.17) is 0 Å². The van der Waals surface area contributed by atoms with Crippen LogP contribution in [0.1, 0.15) is 36.6 Å². The van der Waals surface area contributed by atoms with Crippen LogP contribution in [0.25, 0.3) is 17.2 Å². The fourth-order valence-electron chi connectivity index (χ4n) is 4.56. The SMILES string of the molecule is CC(CCc1ccccc1)NC(=O)Cn1c2c(c(=O)n3nc(-c4ccccc4)nc13)CCC2. The molecule has 0 saturated heterocycles. The van der Waals surface area contributed by atoms with Gasteiger partial charge in [-0.3, -0.25) is 9.59 Å². The summed E-state index contributed by atoms with van der Waals surface area (Å²) in [7, 11) is 0. The molecule has 2 aromatic carbocycles. The van der Waals surface area contributed by atoms with Gasteiger partial charge in [0.05, 0.1) is 0 Å². The lowest BCUT2D eigenvalue weighted by molar-refractivity contribution is -0.122. The van der Waals surface area contributed by atoms with Crippen LogP contribution in [0.15, 0.2) is 65.5 Å². The maximum Gasteiger partial charge on any atom is 0.279 e. The summed E-state index contributed by atoms with van der Waals surface area (Å²) in [5.41, 5.74) is 3.63. The number of amides is 1. The third-order valence-corrected chi connectivity index (χ3v) is 6.25. The van der Waals surface area contributed by atoms with Gasteiger partial charge in [0.25, 0.3) is 5.56 Å². The first-order chi connectivity index (χ1) is 16.1. The fraction of sp³-hybridized carbons (Fsp3) is 0.308. The monoisotopic (exact) mass is 441 g/mol. The van der Waals surface area contributed by atoms with E-state index >= 15 is 0 Å². The first-order valence-electron chi connectivity index (χ1n) is 11.5. The highest BCUT2D eigenvalue weighted by Crippen LogP contribution is 2.22. The van der Waals surface area contributed by atoms with Crippen molar-refractivity contribution in [2.75, 3.05) is 0 Å². The second kappa shape index (κ2) is 9.02. The van der Waals surface area contributed by atoms with E-state index in [0.717, 1.165) is 42.5 Å². The summed E-state index contributed by atoms with van der Waals surface area (Å²) in [6.45, 7) is 2.14. The Kier molecular flexibility index (Phi) is 5.77. The van der Waals surface area contributed by atoms with E-state index in [-0.39, 0.29) is 24.1 Å². The maximum absolute atomic E-state index is 13.0. The zero-order valence-electron chi connectivity index (χ0n) is 18.7. The van der Waals surface area contributed by atoms with E-state index in [9.17, 15) is 9.59 Å². The first-order valence-corrected chi connectivity index (χ1v) is 11.5. The van der Waals surface area contributed by atoms with Crippen molar-refractivity contribution in [1.29, 1.82) is 0 Å². The van der Waals surface area contributed by atoms with Gasteiger partial charge in [-0.15, -0.1) is 5.10 Å². The highest BCUT2D eigenvalue weighted by atomic mass is 16.2. The molecule has 1 amide bonds. The Balaban J connectivity index is 1.40. The van der Waals surface area contributed by atoms with Crippen LogP contribution in [0, 0.1) is 0 Å². The number of rotatable bonds is 7. The molecule has 1 aliphatic carbocycles. The Bertz CT molecular complexity index is 1340. The molecule has 1 N–H and O–H groups in total. The van der Waals surface area contributed by atoms with Crippen molar-refractivity contribution in [3.63, 3.8) is 0 Å². The number of nitrogens with one attached hydrogen (secondary N) is 1. The molecular formula is C26H27N5O2. The van der Waals surface area contributed by atoms with Crippen molar-refractivity contribution < 1.29 is 4.79 Å². The summed E-state index contributed by atoms with van der Waals surface area (Å²) in [6, 6.07) is 19.9. The van der Waals surface area contributed by atoms with E-state index in [0.29, 0.717) is 18.0 Å². The van der Waals surface area contributed by atoms with Crippen molar-refractivity contribution in [3.8, 4) is 11.4 Å². The predicted octanol–water partition coefficient (Wildman–Crippen LogP) is 3.18. The van der Waals surface area contributed by atoms with E-state index < -0.39 is 0 Å². The number of hydrogen-bond donors (Lipinski definition) is 1. The molecule has 0 saturated carbocycles. The molecule has 33 heavy (non-hydrogen) atoms. The normalized spacial score (nSPS) is 13.7. The zero-order chi connectivity index (χ0) is 22.8. The summed E-state index contributed by atoms with van der Waals surface area (Å²) >= 11 is 0. The number of hydrogen-bond acceptors (Lipinski definition) is 4. The van der Waals surface area contributed by atoms with E-state index in [1.54, 1.807) is 0 Å². The third-order valence-electron chi connectivity index (χ3n) is 6.25. The minimum atomic E-state index is -0.125. The number of aryl methyl sites for hydroxylation is 1. The second-order valence-electron chi connectivity index (χ2n) is 8.68. The molecule has 2 aromatic heterocycles. The van der Waals surface area contributed by atoms with Gasteiger partial charge in [0.15, 0.2) is 5.82 Å². The number of aromatic nitrogens is 4. The van der Waals surface area contributed by atoms with Crippen LogP contribution < -0.4 is 10.9 Å². The number of carbonyl (C=O) groups excluding carboxylic acids is 1. The molecule has 1 aliphatic rings. The van der Waals surface area contributed by atoms with Crippen LogP contribution in [-0.4, -0.2) is 31.1 Å². The average Bonchev–Trinajstić information content (AvgIpc) is 3.50. The Labute approximate surface area is 192 Å². The smallest absolute Gasteiger partial charge is 0.279 e. The molecule has 0 spiro atoms. The van der Waals surface area contributed by atoms with Crippen molar-refractivity contribution in [2.45, 2.75) is 51.6 Å². The van der Waals surface area contributed by atoms with Crippen LogP contribution in [-0.2, 0) is 30.6 Å². The fourth-order valence-corrected chi connectivity index (χ4v) is 4.56. The highest BCUT2D eigenvalue weighted by Gasteiger charge is 2.25. The molecule has 0 aliphatic heterocycles. The summed E-state index contributed by atoms with van der Waals surface area (Å²) < 4.78 is 3.24. The topological polar surface area (TPSA) is 81.3 Å². The Morgan fingerprint density at radius 1 is 1.06 bits per heavy atom. The molecule has 168 valence electrons. The lowest BCUT2D eigenvalue weighted by Gasteiger charge is -2.17. The summed E-state index contributed by atoms with van der Waals surface area (Å²) in [5.74, 6) is 0.827. The van der Waals surface area contributed by atoms with Crippen molar-refractivity contribution >= 4 is 11.7 Å². The second-order valence-corrected chi connectivity index (χ2v) is 8.68. The maximum atomic E-state index is 13.0. The minimum Gasteiger partial charge on any atom is -0.352 e. The number of fused-ring (bicyclic) bond motifs is 2. The molecule has 0 bridgehead atoms. The molecule has 0 fully saturated rings. The van der Waals surface area contributed by atoms with E-state index in [1.165, 1.54) is 10.1 Å². The molecule has 0 radical (unpaired) electrons. The lowest BCUT2D eigenvalue weighted by atomic mass is 10.1. The largest absolute Gasteiger partial charge is 0.352 e. The van der Waals surface area contributed by atoms with Gasteiger partial charge < -0.3 is 9.88 Å². The first kappa shape index (κ1) is 21.1. The molecule has 1 atom stereocenters. The molecule has 1 unspecified atom stereocenters. The van der Waals surface area contributed by atoms with Crippen LogP contribution in [0.5, 0.6) is 0 Å². The van der Waals surface area contributed by atoms with Gasteiger partial charge in [0.1, 0.15) is 6.54 Å². The van der Waals surface area contributed by atoms with Crippen LogP contribution >= 0.6 is 0 Å². The van der Waals surface area contributed by atoms with E-state index in [1.807, 2.05) is 60.0 Å². The summed E-state index contributed by atoms with van der Waals surface area (Å²) in [5, 5.41) is 7.60. The minimum absolute atomic E-state index is 0.0407. The number of nitrogens with zero attached hydrogens (tertiary/aromatic N) is 4. The Morgan fingerprint density at radius 3 is 2.55 bits per heavy atom. The lowest BCUT2D eigenvalue weighted by Crippen LogP contribution is -2.37. The average molecular weight is 442 g/mol. The molecule has 5 rings (SSSR count). The van der Waals surface area contributed by atoms with Crippen LogP contribution in [0.2, 0.25) is 0 Å². The van der Waals surface area contributed by atoms with Gasteiger partial charge in [0.2, 0.25) is 11.7 Å². The third kappa shape index (κ3) is 4.31. The van der Waals surface area contributed by atoms with Gasteiger partial charge in [-0.05, 0) is 44.6 Å². The van der Waals surface area contributed by atoms with Crippen LogP contribution in [0.4, 0.5) is 0 Å². The quantitative estimate of drug-likeness (QED) is 0.478. The van der Waals surface area contributed by atoms with Gasteiger partial charge in [-0.1, -0.05) is 60.7 Å². The Hall–Kier alpha value is -3.74. The number of carbonyl (C=O) groups is 1. The molecule has 4 aromatic rings. The van der Waals surface area contributed by atoms with Crippen molar-refractivity contribution in [1.82, 2.24) is 24.5 Å². The van der Waals surface area contributed by atoms with Crippen molar-refractivity contribution in [2.24, 2.45) is 0 Å². The van der Waals surface area contributed by atoms with Gasteiger partial charge in [-0.2, -0.15) is 9.50 Å².